The zero-order chi connectivity index (χ0) is 12.4. The molecule has 2 rings (SSSR count). The Kier molecular flexibility index (Phi) is 3.99. The van der Waals surface area contributed by atoms with E-state index in [0.29, 0.717) is 11.4 Å². The maximum absolute atomic E-state index is 12.0. The van der Waals surface area contributed by atoms with E-state index >= 15 is 0 Å². The Bertz CT molecular complexity index is 421. The van der Waals surface area contributed by atoms with Crippen molar-refractivity contribution in [3.05, 3.63) is 22.2 Å². The summed E-state index contributed by atoms with van der Waals surface area (Å²) in [5.41, 5.74) is 8.29. The Morgan fingerprint density at radius 3 is 2.94 bits per heavy atom. The second-order valence-electron chi connectivity index (χ2n) is 4.26. The molecule has 1 aliphatic rings. The van der Waals surface area contributed by atoms with Crippen LogP contribution < -0.4 is 11.1 Å². The summed E-state index contributed by atoms with van der Waals surface area (Å²) in [5, 5.41) is 2.92. The molecule has 0 spiro atoms. The van der Waals surface area contributed by atoms with Crippen LogP contribution in [0.15, 0.2) is 16.6 Å². The van der Waals surface area contributed by atoms with Crippen LogP contribution in [0.4, 0.5) is 11.4 Å². The largest absolute Gasteiger partial charge is 0.397 e. The van der Waals surface area contributed by atoms with Crippen LogP contribution in [0.3, 0.4) is 0 Å². The third-order valence-corrected chi connectivity index (χ3v) is 4.60. The number of hydrogen-bond acceptors (Lipinski definition) is 3. The van der Waals surface area contributed by atoms with Crippen molar-refractivity contribution in [2.24, 2.45) is 5.92 Å². The molecule has 0 aliphatic carbocycles. The lowest BCUT2D eigenvalue weighted by Crippen LogP contribution is -2.23. The highest BCUT2D eigenvalue weighted by atomic mass is 79.9. The van der Waals surface area contributed by atoms with Gasteiger partial charge < -0.3 is 11.1 Å². The summed E-state index contributed by atoms with van der Waals surface area (Å²) in [4.78, 5) is 12.0. The second-order valence-corrected chi connectivity index (χ2v) is 6.26. The minimum atomic E-state index is 0.0752. The monoisotopic (exact) mass is 314 g/mol. The number of benzene rings is 1. The maximum Gasteiger partial charge on any atom is 0.228 e. The van der Waals surface area contributed by atoms with E-state index < -0.39 is 0 Å². The predicted molar refractivity (Wildman–Crippen MR) is 77.4 cm³/mol. The average molecular weight is 315 g/mol. The van der Waals surface area contributed by atoms with Crippen LogP contribution in [0.25, 0.3) is 0 Å². The van der Waals surface area contributed by atoms with Gasteiger partial charge in [0.05, 0.1) is 11.4 Å². The molecule has 1 fully saturated rings. The molecule has 1 atom stereocenters. The van der Waals surface area contributed by atoms with E-state index in [1.807, 2.05) is 30.8 Å². The van der Waals surface area contributed by atoms with E-state index in [2.05, 4.69) is 21.2 Å². The third kappa shape index (κ3) is 2.96. The molecule has 5 heteroatoms. The van der Waals surface area contributed by atoms with E-state index in [1.165, 1.54) is 0 Å². The molecule has 0 bridgehead atoms. The number of rotatable bonds is 2. The summed E-state index contributed by atoms with van der Waals surface area (Å²) in [7, 11) is 0. The van der Waals surface area contributed by atoms with E-state index in [-0.39, 0.29) is 11.8 Å². The Morgan fingerprint density at radius 2 is 2.35 bits per heavy atom. The van der Waals surface area contributed by atoms with Gasteiger partial charge in [-0.25, -0.2) is 0 Å². The highest BCUT2D eigenvalue weighted by molar-refractivity contribution is 9.10. The molecule has 0 radical (unpaired) electrons. The normalized spacial score (nSPS) is 19.3. The van der Waals surface area contributed by atoms with Crippen LogP contribution in [0.5, 0.6) is 0 Å². The minimum Gasteiger partial charge on any atom is -0.397 e. The fourth-order valence-electron chi connectivity index (χ4n) is 1.87. The molecular weight excluding hydrogens is 300 g/mol. The Morgan fingerprint density at radius 1 is 1.59 bits per heavy atom. The Balaban J connectivity index is 2.15. The quantitative estimate of drug-likeness (QED) is 0.825. The second kappa shape index (κ2) is 5.31. The van der Waals surface area contributed by atoms with Crippen molar-refractivity contribution in [3.8, 4) is 0 Å². The predicted octanol–water partition coefficient (Wildman–Crippen LogP) is 3.03. The molecule has 1 heterocycles. The Labute approximate surface area is 114 Å². The number of aryl methyl sites for hydroxylation is 1. The van der Waals surface area contributed by atoms with Crippen LogP contribution in [0, 0.1) is 12.8 Å². The number of nitrogens with two attached hydrogens (primary N) is 1. The molecular formula is C12H15BrN2OS. The summed E-state index contributed by atoms with van der Waals surface area (Å²) >= 11 is 5.26. The molecule has 1 aromatic rings. The molecule has 0 aromatic heterocycles. The topological polar surface area (TPSA) is 55.1 Å². The van der Waals surface area contributed by atoms with Crippen LogP contribution in [0.2, 0.25) is 0 Å². The lowest BCUT2D eigenvalue weighted by atomic mass is 10.1. The number of hydrogen-bond donors (Lipinski definition) is 2. The Hall–Kier alpha value is -0.680. The lowest BCUT2D eigenvalue weighted by Gasteiger charge is -2.14. The van der Waals surface area contributed by atoms with Gasteiger partial charge in [0.15, 0.2) is 0 Å². The number of nitrogens with one attached hydrogen (secondary N) is 1. The zero-order valence-electron chi connectivity index (χ0n) is 9.63. The van der Waals surface area contributed by atoms with Crippen molar-refractivity contribution in [2.75, 3.05) is 22.6 Å². The van der Waals surface area contributed by atoms with Crippen LogP contribution in [0.1, 0.15) is 12.0 Å². The SMILES string of the molecule is Cc1cc(N)c(NC(=O)C2CCSC2)c(Br)c1. The fraction of sp³-hybridized carbons (Fsp3) is 0.417. The van der Waals surface area contributed by atoms with Crippen LogP contribution in [-0.4, -0.2) is 17.4 Å². The van der Waals surface area contributed by atoms with Gasteiger partial charge in [-0.1, -0.05) is 0 Å². The molecule has 17 heavy (non-hydrogen) atoms. The van der Waals surface area contributed by atoms with Gasteiger partial charge in [0.2, 0.25) is 5.91 Å². The molecule has 1 aromatic carbocycles. The highest BCUT2D eigenvalue weighted by Crippen LogP contribution is 2.32. The third-order valence-electron chi connectivity index (χ3n) is 2.81. The molecule has 1 amide bonds. The first kappa shape index (κ1) is 12.8. The first-order valence-corrected chi connectivity index (χ1v) is 7.47. The first-order valence-electron chi connectivity index (χ1n) is 5.52. The number of anilines is 2. The van der Waals surface area contributed by atoms with E-state index in [1.54, 1.807) is 0 Å². The molecule has 92 valence electrons. The van der Waals surface area contributed by atoms with Crippen molar-refractivity contribution in [3.63, 3.8) is 0 Å². The number of halogens is 1. The van der Waals surface area contributed by atoms with Gasteiger partial charge in [0.25, 0.3) is 0 Å². The molecule has 1 saturated heterocycles. The lowest BCUT2D eigenvalue weighted by molar-refractivity contribution is -0.119. The van der Waals surface area contributed by atoms with Gasteiger partial charge in [-0.15, -0.1) is 0 Å². The van der Waals surface area contributed by atoms with Gasteiger partial charge in [0.1, 0.15) is 0 Å². The number of amides is 1. The summed E-state index contributed by atoms with van der Waals surface area (Å²) in [6.07, 6.45) is 0.958. The molecule has 3 N–H and O–H groups in total. The number of carbonyl (C=O) groups excluding carboxylic acids is 1. The van der Waals surface area contributed by atoms with Crippen molar-refractivity contribution in [1.29, 1.82) is 0 Å². The van der Waals surface area contributed by atoms with Crippen molar-refractivity contribution < 1.29 is 4.79 Å². The molecule has 1 unspecified atom stereocenters. The molecule has 3 nitrogen and oxygen atoms in total. The average Bonchev–Trinajstić information content (AvgIpc) is 2.76. The van der Waals surface area contributed by atoms with E-state index in [4.69, 9.17) is 5.73 Å². The number of carbonyl (C=O) groups is 1. The number of thioether (sulfide) groups is 1. The summed E-state index contributed by atoms with van der Waals surface area (Å²) < 4.78 is 0.842. The van der Waals surface area contributed by atoms with Gasteiger partial charge in [-0.2, -0.15) is 11.8 Å². The van der Waals surface area contributed by atoms with Crippen molar-refractivity contribution in [1.82, 2.24) is 0 Å². The van der Waals surface area contributed by atoms with Crippen LogP contribution in [-0.2, 0) is 4.79 Å². The van der Waals surface area contributed by atoms with Crippen LogP contribution >= 0.6 is 27.7 Å². The summed E-state index contributed by atoms with van der Waals surface area (Å²) in [5.74, 6) is 2.18. The van der Waals surface area contributed by atoms with E-state index in [0.717, 1.165) is 28.0 Å². The highest BCUT2D eigenvalue weighted by Gasteiger charge is 2.24. The van der Waals surface area contributed by atoms with Crippen molar-refractivity contribution in [2.45, 2.75) is 13.3 Å². The summed E-state index contributed by atoms with van der Waals surface area (Å²) in [6.45, 7) is 1.97. The van der Waals surface area contributed by atoms with Gasteiger partial charge >= 0.3 is 0 Å². The number of nitrogen functional groups attached to an aromatic ring is 1. The maximum atomic E-state index is 12.0. The van der Waals surface area contributed by atoms with Crippen molar-refractivity contribution >= 4 is 45.0 Å². The van der Waals surface area contributed by atoms with Gasteiger partial charge in [-0.05, 0) is 52.7 Å². The minimum absolute atomic E-state index is 0.0752. The van der Waals surface area contributed by atoms with E-state index in [9.17, 15) is 4.79 Å². The standard InChI is InChI=1S/C12H15BrN2OS/c1-7-4-9(13)11(10(14)5-7)15-12(16)8-2-3-17-6-8/h4-5,8H,2-3,6,14H2,1H3,(H,15,16). The van der Waals surface area contributed by atoms with Gasteiger partial charge in [0, 0.05) is 16.1 Å². The smallest absolute Gasteiger partial charge is 0.228 e. The first-order chi connectivity index (χ1) is 8.08. The van der Waals surface area contributed by atoms with Gasteiger partial charge in [-0.3, -0.25) is 4.79 Å². The molecule has 0 saturated carbocycles. The zero-order valence-corrected chi connectivity index (χ0v) is 12.0. The fourth-order valence-corrected chi connectivity index (χ4v) is 3.78. The molecule has 1 aliphatic heterocycles. The summed E-state index contributed by atoms with van der Waals surface area (Å²) in [6, 6.07) is 3.82.